The highest BCUT2D eigenvalue weighted by Crippen LogP contribution is 2.42. The van der Waals surface area contributed by atoms with Gasteiger partial charge < -0.3 is 15.2 Å². The molecule has 2 aliphatic carbocycles. The molecule has 4 heteroatoms. The summed E-state index contributed by atoms with van der Waals surface area (Å²) in [6, 6.07) is 0. The molecule has 0 aliphatic heterocycles. The van der Waals surface area contributed by atoms with Gasteiger partial charge in [-0.25, -0.2) is 0 Å². The predicted octanol–water partition coefficient (Wildman–Crippen LogP) is 2.82. The molecule has 0 radical (unpaired) electrons. The fraction of sp³-hybridized carbons (Fsp3) is 1.00. The highest BCUT2D eigenvalue weighted by atomic mass is 32.2. The fourth-order valence-corrected chi connectivity index (χ4v) is 4.26. The number of nitrogens with one attached hydrogen (secondary N) is 1. The van der Waals surface area contributed by atoms with Crippen LogP contribution in [0.15, 0.2) is 0 Å². The smallest absolute Gasteiger partial charge is 0.0897 e. The quantitative estimate of drug-likeness (QED) is 0.723. The molecule has 0 saturated heterocycles. The van der Waals surface area contributed by atoms with Crippen LogP contribution in [0.25, 0.3) is 0 Å². The van der Waals surface area contributed by atoms with Gasteiger partial charge in [0.05, 0.1) is 18.8 Å². The molecule has 2 saturated carbocycles. The van der Waals surface area contributed by atoms with Gasteiger partial charge in [0.2, 0.25) is 0 Å². The highest BCUT2D eigenvalue weighted by Gasteiger charge is 2.35. The summed E-state index contributed by atoms with van der Waals surface area (Å²) < 4.78 is 6.35. The number of aliphatic hydroxyl groups is 1. The van der Waals surface area contributed by atoms with Gasteiger partial charge in [0.1, 0.15) is 0 Å². The molecule has 0 amide bonds. The predicted molar refractivity (Wildman–Crippen MR) is 86.3 cm³/mol. The van der Waals surface area contributed by atoms with E-state index in [1.165, 1.54) is 38.5 Å². The maximum Gasteiger partial charge on any atom is 0.0897 e. The lowest BCUT2D eigenvalue weighted by molar-refractivity contribution is -0.0452. The van der Waals surface area contributed by atoms with Crippen LogP contribution in [0.4, 0.5) is 0 Å². The molecule has 118 valence electrons. The van der Waals surface area contributed by atoms with Crippen LogP contribution in [0, 0.1) is 5.92 Å². The molecule has 0 aromatic carbocycles. The van der Waals surface area contributed by atoms with Crippen molar-refractivity contribution < 1.29 is 9.84 Å². The lowest BCUT2D eigenvalue weighted by Gasteiger charge is -2.40. The largest absolute Gasteiger partial charge is 0.389 e. The van der Waals surface area contributed by atoms with E-state index in [0.717, 1.165) is 13.0 Å². The van der Waals surface area contributed by atoms with Gasteiger partial charge in [-0.15, -0.1) is 0 Å². The first-order chi connectivity index (χ1) is 9.65. The van der Waals surface area contributed by atoms with Crippen molar-refractivity contribution in [3.63, 3.8) is 0 Å². The average molecular weight is 301 g/mol. The van der Waals surface area contributed by atoms with Gasteiger partial charge in [0.25, 0.3) is 0 Å². The lowest BCUT2D eigenvalue weighted by Crippen LogP contribution is -2.45. The van der Waals surface area contributed by atoms with E-state index in [1.807, 2.05) is 11.8 Å². The molecule has 3 unspecified atom stereocenters. The molecule has 2 aliphatic rings. The minimum atomic E-state index is -0.372. The number of rotatable bonds is 8. The topological polar surface area (TPSA) is 41.5 Å². The molecule has 2 fully saturated rings. The number of aliphatic hydroxyl groups excluding tert-OH is 1. The van der Waals surface area contributed by atoms with Crippen LogP contribution >= 0.6 is 11.8 Å². The summed E-state index contributed by atoms with van der Waals surface area (Å²) in [5, 5.41) is 13.5. The molecule has 0 heterocycles. The molecule has 20 heavy (non-hydrogen) atoms. The molecule has 0 spiro atoms. The average Bonchev–Trinajstić information content (AvgIpc) is 2.41. The summed E-state index contributed by atoms with van der Waals surface area (Å²) in [5.74, 6) is 0.652. The Hall–Kier alpha value is 0.230. The van der Waals surface area contributed by atoms with Gasteiger partial charge in [0, 0.05) is 17.8 Å². The molecule has 2 rings (SSSR count). The van der Waals surface area contributed by atoms with Crippen LogP contribution in [-0.2, 0) is 4.74 Å². The Labute approximate surface area is 128 Å². The highest BCUT2D eigenvalue weighted by molar-refractivity contribution is 8.00. The standard InChI is InChI=1S/C16H31NO2S/c1-13-6-3-4-7-15(13)19-11-14(18)10-17-12-16(20-2)8-5-9-16/h13-15,17-18H,3-12H2,1-2H3. The van der Waals surface area contributed by atoms with E-state index in [1.54, 1.807) is 0 Å². The second-order valence-corrected chi connectivity index (χ2v) is 7.93. The summed E-state index contributed by atoms with van der Waals surface area (Å²) in [4.78, 5) is 0. The van der Waals surface area contributed by atoms with Crippen LogP contribution in [0.2, 0.25) is 0 Å². The van der Waals surface area contributed by atoms with Crippen LogP contribution in [0.5, 0.6) is 0 Å². The second kappa shape index (κ2) is 8.02. The van der Waals surface area contributed by atoms with Crippen LogP contribution in [0.3, 0.4) is 0 Å². The molecule has 0 aromatic rings. The van der Waals surface area contributed by atoms with E-state index in [9.17, 15) is 5.11 Å². The SMILES string of the molecule is CSC1(CNCC(O)COC2CCCCC2C)CCC1. The third-order valence-corrected chi connectivity index (χ3v) is 6.48. The first kappa shape index (κ1) is 16.6. The van der Waals surface area contributed by atoms with E-state index in [0.29, 0.717) is 29.9 Å². The van der Waals surface area contributed by atoms with Gasteiger partial charge in [-0.3, -0.25) is 0 Å². The summed E-state index contributed by atoms with van der Waals surface area (Å²) in [6.07, 6.45) is 11.2. The minimum absolute atomic E-state index is 0.363. The monoisotopic (exact) mass is 301 g/mol. The van der Waals surface area contributed by atoms with E-state index in [2.05, 4.69) is 18.5 Å². The number of thioether (sulfide) groups is 1. The zero-order chi connectivity index (χ0) is 14.4. The van der Waals surface area contributed by atoms with E-state index in [-0.39, 0.29) is 6.10 Å². The van der Waals surface area contributed by atoms with Crippen molar-refractivity contribution in [2.75, 3.05) is 26.0 Å². The van der Waals surface area contributed by atoms with Crippen molar-refractivity contribution in [3.05, 3.63) is 0 Å². The molecule has 0 aromatic heterocycles. The molecular formula is C16H31NO2S. The summed E-state index contributed by atoms with van der Waals surface area (Å²) in [7, 11) is 0. The maximum atomic E-state index is 10.0. The van der Waals surface area contributed by atoms with E-state index < -0.39 is 0 Å². The van der Waals surface area contributed by atoms with Gasteiger partial charge in [-0.2, -0.15) is 11.8 Å². The van der Waals surface area contributed by atoms with Crippen LogP contribution < -0.4 is 5.32 Å². The van der Waals surface area contributed by atoms with Crippen molar-refractivity contribution in [3.8, 4) is 0 Å². The molecule has 3 atom stereocenters. The molecular weight excluding hydrogens is 270 g/mol. The van der Waals surface area contributed by atoms with E-state index >= 15 is 0 Å². The number of hydrogen-bond donors (Lipinski definition) is 2. The summed E-state index contributed by atoms with van der Waals surface area (Å²) in [6.45, 7) is 4.43. The van der Waals surface area contributed by atoms with Crippen LogP contribution in [-0.4, -0.2) is 48.0 Å². The third kappa shape index (κ3) is 4.62. The van der Waals surface area contributed by atoms with Gasteiger partial charge in [0.15, 0.2) is 0 Å². The van der Waals surface area contributed by atoms with E-state index in [4.69, 9.17) is 4.74 Å². The second-order valence-electron chi connectivity index (χ2n) is 6.66. The summed E-state index contributed by atoms with van der Waals surface area (Å²) >= 11 is 1.97. The van der Waals surface area contributed by atoms with Crippen molar-refractivity contribution in [1.82, 2.24) is 5.32 Å². The Kier molecular flexibility index (Phi) is 6.66. The zero-order valence-corrected chi connectivity index (χ0v) is 13.9. The van der Waals surface area contributed by atoms with Crippen molar-refractivity contribution in [2.24, 2.45) is 5.92 Å². The Balaban J connectivity index is 1.57. The lowest BCUT2D eigenvalue weighted by atomic mass is 9.84. The fourth-order valence-electron chi connectivity index (χ4n) is 3.31. The first-order valence-electron chi connectivity index (χ1n) is 8.21. The Bertz CT molecular complexity index is 278. The molecule has 2 N–H and O–H groups in total. The van der Waals surface area contributed by atoms with Gasteiger partial charge >= 0.3 is 0 Å². The Morgan fingerprint density at radius 3 is 2.65 bits per heavy atom. The Morgan fingerprint density at radius 2 is 2.05 bits per heavy atom. The van der Waals surface area contributed by atoms with Crippen molar-refractivity contribution in [1.29, 1.82) is 0 Å². The van der Waals surface area contributed by atoms with Crippen molar-refractivity contribution in [2.45, 2.75) is 68.8 Å². The molecule has 0 bridgehead atoms. The maximum absolute atomic E-state index is 10.0. The first-order valence-corrected chi connectivity index (χ1v) is 9.43. The summed E-state index contributed by atoms with van der Waals surface area (Å²) in [5.41, 5.74) is 0. The van der Waals surface area contributed by atoms with Crippen molar-refractivity contribution >= 4 is 11.8 Å². The normalized spacial score (nSPS) is 30.8. The zero-order valence-electron chi connectivity index (χ0n) is 13.1. The van der Waals surface area contributed by atoms with Gasteiger partial charge in [-0.05, 0) is 37.9 Å². The minimum Gasteiger partial charge on any atom is -0.389 e. The molecule has 3 nitrogen and oxygen atoms in total. The van der Waals surface area contributed by atoms with Crippen LogP contribution in [0.1, 0.15) is 51.9 Å². The van der Waals surface area contributed by atoms with Gasteiger partial charge in [-0.1, -0.05) is 26.2 Å². The Morgan fingerprint density at radius 1 is 1.30 bits per heavy atom. The number of hydrogen-bond acceptors (Lipinski definition) is 4. The number of ether oxygens (including phenoxy) is 1. The third-order valence-electron chi connectivity index (χ3n) is 5.06.